The number of ether oxygens (including phenoxy) is 1. The molecule has 6 nitrogen and oxygen atoms in total. The SMILES string of the molecule is CCNC(=O)C(C)SC1=N/C(=C\c2ccc(OC)cc2)C(=O)N1Cc1ccccc1. The second-order valence-electron chi connectivity index (χ2n) is 6.73. The molecule has 1 heterocycles. The fourth-order valence-electron chi connectivity index (χ4n) is 2.91. The highest BCUT2D eigenvalue weighted by Gasteiger charge is 2.32. The third-order valence-electron chi connectivity index (χ3n) is 4.52. The first-order valence-electron chi connectivity index (χ1n) is 9.76. The predicted octanol–water partition coefficient (Wildman–Crippen LogP) is 3.69. The fraction of sp³-hybridized carbons (Fsp3) is 0.261. The van der Waals surface area contributed by atoms with E-state index in [2.05, 4.69) is 10.3 Å². The van der Waals surface area contributed by atoms with Crippen LogP contribution in [0.15, 0.2) is 65.3 Å². The molecular formula is C23H25N3O3S. The lowest BCUT2D eigenvalue weighted by Crippen LogP contribution is -2.35. The molecule has 0 bridgehead atoms. The molecule has 1 aliphatic rings. The zero-order valence-corrected chi connectivity index (χ0v) is 18.1. The highest BCUT2D eigenvalue weighted by molar-refractivity contribution is 8.14. The van der Waals surface area contributed by atoms with E-state index < -0.39 is 0 Å². The molecule has 0 aliphatic carbocycles. The van der Waals surface area contributed by atoms with Gasteiger partial charge in [-0.05, 0) is 43.2 Å². The van der Waals surface area contributed by atoms with Gasteiger partial charge in [-0.15, -0.1) is 0 Å². The molecule has 7 heteroatoms. The van der Waals surface area contributed by atoms with Crippen LogP contribution in [0.3, 0.4) is 0 Å². The first kappa shape index (κ1) is 21.6. The second-order valence-corrected chi connectivity index (χ2v) is 8.04. The number of hydrogen-bond acceptors (Lipinski definition) is 5. The molecule has 0 aromatic heterocycles. The summed E-state index contributed by atoms with van der Waals surface area (Å²) in [4.78, 5) is 31.5. The Balaban J connectivity index is 1.87. The normalized spacial score (nSPS) is 15.8. The molecule has 0 spiro atoms. The van der Waals surface area contributed by atoms with Crippen LogP contribution in [0.4, 0.5) is 0 Å². The highest BCUT2D eigenvalue weighted by atomic mass is 32.2. The number of amides is 2. The minimum absolute atomic E-state index is 0.0788. The van der Waals surface area contributed by atoms with Crippen molar-refractivity contribution in [3.05, 3.63) is 71.4 Å². The van der Waals surface area contributed by atoms with Gasteiger partial charge < -0.3 is 10.1 Å². The summed E-state index contributed by atoms with van der Waals surface area (Å²) >= 11 is 1.29. The summed E-state index contributed by atoms with van der Waals surface area (Å²) in [5.41, 5.74) is 2.20. The monoisotopic (exact) mass is 423 g/mol. The van der Waals surface area contributed by atoms with Crippen molar-refractivity contribution in [3.8, 4) is 5.75 Å². The van der Waals surface area contributed by atoms with Crippen LogP contribution in [0.5, 0.6) is 5.75 Å². The maximum Gasteiger partial charge on any atom is 0.278 e. The number of benzene rings is 2. The lowest BCUT2D eigenvalue weighted by atomic mass is 10.1. The van der Waals surface area contributed by atoms with Crippen LogP contribution in [0, 0.1) is 0 Å². The number of thioether (sulfide) groups is 1. The fourth-order valence-corrected chi connectivity index (χ4v) is 3.85. The Kier molecular flexibility index (Phi) is 7.30. The number of carbonyl (C=O) groups is 2. The molecule has 2 amide bonds. The van der Waals surface area contributed by atoms with Gasteiger partial charge in [0.25, 0.3) is 5.91 Å². The molecule has 0 radical (unpaired) electrons. The first-order valence-corrected chi connectivity index (χ1v) is 10.6. The van der Waals surface area contributed by atoms with Crippen LogP contribution in [0.1, 0.15) is 25.0 Å². The molecule has 2 aromatic carbocycles. The smallest absolute Gasteiger partial charge is 0.278 e. The largest absolute Gasteiger partial charge is 0.497 e. The Morgan fingerprint density at radius 2 is 1.90 bits per heavy atom. The molecule has 0 fully saturated rings. The van der Waals surface area contributed by atoms with Gasteiger partial charge in [0.1, 0.15) is 11.4 Å². The standard InChI is InChI=1S/C23H25N3O3S/c1-4-24-21(27)16(2)30-23-25-20(14-17-10-12-19(29-3)13-11-17)22(28)26(23)15-18-8-6-5-7-9-18/h5-14,16H,4,15H2,1-3H3,(H,24,27)/b20-14-. The Morgan fingerprint density at radius 3 is 2.53 bits per heavy atom. The van der Waals surface area contributed by atoms with Gasteiger partial charge in [-0.25, -0.2) is 4.99 Å². The zero-order valence-electron chi connectivity index (χ0n) is 17.3. The van der Waals surface area contributed by atoms with Crippen molar-refractivity contribution >= 4 is 34.8 Å². The average molecular weight is 424 g/mol. The van der Waals surface area contributed by atoms with Gasteiger partial charge in [0.2, 0.25) is 5.91 Å². The minimum Gasteiger partial charge on any atom is -0.497 e. The molecular weight excluding hydrogens is 398 g/mol. The summed E-state index contributed by atoms with van der Waals surface area (Å²) in [6.07, 6.45) is 1.75. The van der Waals surface area contributed by atoms with E-state index in [0.29, 0.717) is 24.0 Å². The van der Waals surface area contributed by atoms with Gasteiger partial charge in [-0.3, -0.25) is 14.5 Å². The van der Waals surface area contributed by atoms with Crippen molar-refractivity contribution in [1.82, 2.24) is 10.2 Å². The zero-order chi connectivity index (χ0) is 21.5. The molecule has 3 rings (SSSR count). The van der Waals surface area contributed by atoms with Gasteiger partial charge in [-0.1, -0.05) is 54.2 Å². The summed E-state index contributed by atoms with van der Waals surface area (Å²) in [6.45, 7) is 4.65. The Hall–Kier alpha value is -3.06. The van der Waals surface area contributed by atoms with Crippen molar-refractivity contribution in [2.24, 2.45) is 4.99 Å². The molecule has 156 valence electrons. The summed E-state index contributed by atoms with van der Waals surface area (Å²) in [5, 5.41) is 2.98. The molecule has 1 N–H and O–H groups in total. The number of carbonyl (C=O) groups excluding carboxylic acids is 2. The lowest BCUT2D eigenvalue weighted by molar-refractivity contribution is -0.123. The predicted molar refractivity (Wildman–Crippen MR) is 121 cm³/mol. The van der Waals surface area contributed by atoms with E-state index in [1.165, 1.54) is 11.8 Å². The third kappa shape index (κ3) is 5.30. The lowest BCUT2D eigenvalue weighted by Gasteiger charge is -2.20. The van der Waals surface area contributed by atoms with Gasteiger partial charge >= 0.3 is 0 Å². The molecule has 2 aromatic rings. The number of nitrogens with zero attached hydrogens (tertiary/aromatic N) is 2. The summed E-state index contributed by atoms with van der Waals surface area (Å²) in [7, 11) is 1.61. The Labute approximate surface area is 181 Å². The van der Waals surface area contributed by atoms with E-state index in [-0.39, 0.29) is 17.1 Å². The number of methoxy groups -OCH3 is 1. The van der Waals surface area contributed by atoms with Gasteiger partial charge in [-0.2, -0.15) is 0 Å². The molecule has 0 saturated heterocycles. The Bertz CT molecular complexity index is 955. The topological polar surface area (TPSA) is 71.0 Å². The van der Waals surface area contributed by atoms with Crippen molar-refractivity contribution in [2.75, 3.05) is 13.7 Å². The number of hydrogen-bond donors (Lipinski definition) is 1. The molecule has 1 unspecified atom stereocenters. The minimum atomic E-state index is -0.366. The first-order chi connectivity index (χ1) is 14.5. The van der Waals surface area contributed by atoms with E-state index in [1.807, 2.05) is 68.4 Å². The van der Waals surface area contributed by atoms with Crippen molar-refractivity contribution < 1.29 is 14.3 Å². The summed E-state index contributed by atoms with van der Waals surface area (Å²) in [6, 6.07) is 17.2. The van der Waals surface area contributed by atoms with E-state index in [1.54, 1.807) is 18.1 Å². The van der Waals surface area contributed by atoms with Gasteiger partial charge in [0.15, 0.2) is 5.17 Å². The molecule has 1 aliphatic heterocycles. The van der Waals surface area contributed by atoms with Crippen LogP contribution >= 0.6 is 11.8 Å². The van der Waals surface area contributed by atoms with Crippen molar-refractivity contribution in [2.45, 2.75) is 25.6 Å². The van der Waals surface area contributed by atoms with Crippen LogP contribution in [0.25, 0.3) is 6.08 Å². The van der Waals surface area contributed by atoms with Crippen LogP contribution in [0.2, 0.25) is 0 Å². The van der Waals surface area contributed by atoms with Crippen molar-refractivity contribution in [3.63, 3.8) is 0 Å². The number of rotatable bonds is 7. The van der Waals surface area contributed by atoms with Crippen LogP contribution < -0.4 is 10.1 Å². The molecule has 30 heavy (non-hydrogen) atoms. The number of aliphatic imine (C=N–C) groups is 1. The third-order valence-corrected chi connectivity index (χ3v) is 5.61. The van der Waals surface area contributed by atoms with Crippen molar-refractivity contribution in [1.29, 1.82) is 0 Å². The summed E-state index contributed by atoms with van der Waals surface area (Å²) < 4.78 is 5.18. The van der Waals surface area contributed by atoms with Crippen LogP contribution in [-0.4, -0.2) is 40.8 Å². The van der Waals surface area contributed by atoms with E-state index in [9.17, 15) is 9.59 Å². The summed E-state index contributed by atoms with van der Waals surface area (Å²) in [5.74, 6) is 0.487. The second kappa shape index (κ2) is 10.1. The van der Waals surface area contributed by atoms with Crippen LogP contribution in [-0.2, 0) is 16.1 Å². The average Bonchev–Trinajstić information content (AvgIpc) is 3.04. The van der Waals surface area contributed by atoms with E-state index in [4.69, 9.17) is 4.74 Å². The molecule has 1 atom stereocenters. The quantitative estimate of drug-likeness (QED) is 0.690. The van der Waals surface area contributed by atoms with E-state index in [0.717, 1.165) is 16.9 Å². The molecule has 0 saturated carbocycles. The van der Waals surface area contributed by atoms with Gasteiger partial charge in [0.05, 0.1) is 18.9 Å². The highest BCUT2D eigenvalue weighted by Crippen LogP contribution is 2.28. The maximum absolute atomic E-state index is 13.1. The van der Waals surface area contributed by atoms with Gasteiger partial charge in [0, 0.05) is 6.54 Å². The van der Waals surface area contributed by atoms with E-state index >= 15 is 0 Å². The number of nitrogens with one attached hydrogen (secondary N) is 1. The number of amidine groups is 1. The Morgan fingerprint density at radius 1 is 1.20 bits per heavy atom. The maximum atomic E-state index is 13.1.